The van der Waals surface area contributed by atoms with Gasteiger partial charge >= 0.3 is 12.0 Å². The number of nitrogens with one attached hydrogen (secondary N) is 2. The van der Waals surface area contributed by atoms with Gasteiger partial charge in [0.2, 0.25) is 0 Å². The Morgan fingerprint density at radius 1 is 1.24 bits per heavy atom. The first-order valence-electron chi connectivity index (χ1n) is 5.40. The first-order valence-corrected chi connectivity index (χ1v) is 5.40. The maximum Gasteiger partial charge on any atom is 0.337 e. The van der Waals surface area contributed by atoms with Gasteiger partial charge in [-0.25, -0.2) is 9.59 Å². The summed E-state index contributed by atoms with van der Waals surface area (Å²) in [6, 6.07) is 6.25. The summed E-state index contributed by atoms with van der Waals surface area (Å²) in [5, 5.41) is 5.35. The summed E-state index contributed by atoms with van der Waals surface area (Å²) in [5.74, 6) is -0.396. The number of esters is 1. The monoisotopic (exact) mass is 236 g/mol. The van der Waals surface area contributed by atoms with E-state index in [1.807, 2.05) is 6.92 Å². The molecule has 0 aliphatic carbocycles. The molecule has 0 heterocycles. The van der Waals surface area contributed by atoms with Crippen LogP contribution in [-0.2, 0) is 4.74 Å². The Morgan fingerprint density at radius 2 is 1.88 bits per heavy atom. The van der Waals surface area contributed by atoms with E-state index in [1.165, 1.54) is 7.11 Å². The molecule has 5 heteroatoms. The molecule has 1 aromatic carbocycles. The smallest absolute Gasteiger partial charge is 0.337 e. The van der Waals surface area contributed by atoms with E-state index in [0.29, 0.717) is 17.8 Å². The fourth-order valence-electron chi connectivity index (χ4n) is 1.22. The van der Waals surface area contributed by atoms with Crippen molar-refractivity contribution in [2.24, 2.45) is 0 Å². The van der Waals surface area contributed by atoms with Crippen molar-refractivity contribution < 1.29 is 14.3 Å². The molecule has 1 rings (SSSR count). The largest absolute Gasteiger partial charge is 0.465 e. The summed E-state index contributed by atoms with van der Waals surface area (Å²) in [6.07, 6.45) is 0.884. The zero-order chi connectivity index (χ0) is 12.7. The van der Waals surface area contributed by atoms with Crippen LogP contribution in [0.3, 0.4) is 0 Å². The van der Waals surface area contributed by atoms with Crippen molar-refractivity contribution in [2.75, 3.05) is 19.0 Å². The highest BCUT2D eigenvalue weighted by atomic mass is 16.5. The van der Waals surface area contributed by atoms with Gasteiger partial charge in [-0.3, -0.25) is 0 Å². The van der Waals surface area contributed by atoms with Crippen LogP contribution in [0.1, 0.15) is 23.7 Å². The van der Waals surface area contributed by atoms with Gasteiger partial charge in [-0.1, -0.05) is 6.92 Å². The van der Waals surface area contributed by atoms with Gasteiger partial charge in [0, 0.05) is 12.2 Å². The van der Waals surface area contributed by atoms with Crippen molar-refractivity contribution in [1.29, 1.82) is 0 Å². The molecular weight excluding hydrogens is 220 g/mol. The molecule has 0 radical (unpaired) electrons. The van der Waals surface area contributed by atoms with Gasteiger partial charge < -0.3 is 15.4 Å². The highest BCUT2D eigenvalue weighted by Gasteiger charge is 2.05. The zero-order valence-corrected chi connectivity index (χ0v) is 9.95. The van der Waals surface area contributed by atoms with Crippen LogP contribution in [-0.4, -0.2) is 25.7 Å². The van der Waals surface area contributed by atoms with Gasteiger partial charge in [-0.2, -0.15) is 0 Å². The van der Waals surface area contributed by atoms with Crippen LogP contribution in [0.4, 0.5) is 10.5 Å². The number of benzene rings is 1. The van der Waals surface area contributed by atoms with Crippen LogP contribution in [0.25, 0.3) is 0 Å². The lowest BCUT2D eigenvalue weighted by molar-refractivity contribution is 0.0601. The quantitative estimate of drug-likeness (QED) is 0.786. The van der Waals surface area contributed by atoms with Crippen LogP contribution >= 0.6 is 0 Å². The summed E-state index contributed by atoms with van der Waals surface area (Å²) < 4.78 is 4.57. The third kappa shape index (κ3) is 4.14. The predicted molar refractivity (Wildman–Crippen MR) is 65.1 cm³/mol. The molecule has 0 bridgehead atoms. The fourth-order valence-corrected chi connectivity index (χ4v) is 1.22. The maximum atomic E-state index is 11.3. The number of carbonyl (C=O) groups is 2. The number of hydrogen-bond acceptors (Lipinski definition) is 3. The van der Waals surface area contributed by atoms with Crippen molar-refractivity contribution in [3.05, 3.63) is 29.8 Å². The summed E-state index contributed by atoms with van der Waals surface area (Å²) in [6.45, 7) is 2.61. The number of hydrogen-bond donors (Lipinski definition) is 2. The molecule has 17 heavy (non-hydrogen) atoms. The van der Waals surface area contributed by atoms with Crippen LogP contribution in [0, 0.1) is 0 Å². The molecule has 1 aromatic rings. The Labute approximate surface area is 100 Å². The van der Waals surface area contributed by atoms with E-state index in [0.717, 1.165) is 6.42 Å². The Balaban J connectivity index is 2.56. The number of amides is 2. The van der Waals surface area contributed by atoms with Gasteiger partial charge in [0.1, 0.15) is 0 Å². The molecule has 0 saturated carbocycles. The van der Waals surface area contributed by atoms with E-state index >= 15 is 0 Å². The van der Waals surface area contributed by atoms with Gasteiger partial charge in [-0.05, 0) is 30.7 Å². The lowest BCUT2D eigenvalue weighted by atomic mass is 10.2. The molecule has 5 nitrogen and oxygen atoms in total. The Morgan fingerprint density at radius 3 is 2.41 bits per heavy atom. The van der Waals surface area contributed by atoms with Crippen molar-refractivity contribution >= 4 is 17.7 Å². The van der Waals surface area contributed by atoms with E-state index < -0.39 is 5.97 Å². The molecule has 0 aromatic heterocycles. The lowest BCUT2D eigenvalue weighted by Gasteiger charge is -2.07. The van der Waals surface area contributed by atoms with E-state index in [2.05, 4.69) is 15.4 Å². The van der Waals surface area contributed by atoms with Crippen LogP contribution < -0.4 is 10.6 Å². The minimum Gasteiger partial charge on any atom is -0.465 e. The highest BCUT2D eigenvalue weighted by molar-refractivity contribution is 5.92. The number of rotatable bonds is 4. The van der Waals surface area contributed by atoms with Gasteiger partial charge in [0.15, 0.2) is 0 Å². The number of anilines is 1. The highest BCUT2D eigenvalue weighted by Crippen LogP contribution is 2.10. The van der Waals surface area contributed by atoms with Crippen LogP contribution in [0.2, 0.25) is 0 Å². The topological polar surface area (TPSA) is 67.4 Å². The van der Waals surface area contributed by atoms with Crippen molar-refractivity contribution in [3.8, 4) is 0 Å². The van der Waals surface area contributed by atoms with E-state index in [9.17, 15) is 9.59 Å². The Hall–Kier alpha value is -2.04. The Bertz CT molecular complexity index is 387. The average Bonchev–Trinajstić information content (AvgIpc) is 2.36. The van der Waals surface area contributed by atoms with E-state index in [4.69, 9.17) is 0 Å². The fraction of sp³-hybridized carbons (Fsp3) is 0.333. The van der Waals surface area contributed by atoms with E-state index in [-0.39, 0.29) is 6.03 Å². The molecule has 0 unspecified atom stereocenters. The zero-order valence-electron chi connectivity index (χ0n) is 9.95. The molecule has 92 valence electrons. The molecule has 2 amide bonds. The third-order valence-corrected chi connectivity index (χ3v) is 2.10. The number of ether oxygens (including phenoxy) is 1. The normalized spacial score (nSPS) is 9.53. The molecule has 0 aliphatic rings. The molecule has 0 spiro atoms. The van der Waals surface area contributed by atoms with Crippen LogP contribution in [0.15, 0.2) is 24.3 Å². The molecule has 2 N–H and O–H groups in total. The maximum absolute atomic E-state index is 11.3. The first kappa shape index (κ1) is 13.0. The number of methoxy groups -OCH3 is 1. The standard InChI is InChI=1S/C12H16N2O3/c1-3-8-13-12(16)14-10-6-4-9(5-7-10)11(15)17-2/h4-7H,3,8H2,1-2H3,(H2,13,14,16). The summed E-state index contributed by atoms with van der Waals surface area (Å²) in [4.78, 5) is 22.5. The van der Waals surface area contributed by atoms with E-state index in [1.54, 1.807) is 24.3 Å². The minimum absolute atomic E-state index is 0.252. The van der Waals surface area contributed by atoms with Crippen LogP contribution in [0.5, 0.6) is 0 Å². The second-order valence-electron chi connectivity index (χ2n) is 3.45. The summed E-state index contributed by atoms with van der Waals surface area (Å²) >= 11 is 0. The second kappa shape index (κ2) is 6.52. The number of urea groups is 1. The minimum atomic E-state index is -0.396. The van der Waals surface area contributed by atoms with Gasteiger partial charge in [0.05, 0.1) is 12.7 Å². The molecular formula is C12H16N2O3. The Kier molecular flexibility index (Phi) is 5.00. The predicted octanol–water partition coefficient (Wildman–Crippen LogP) is 2.00. The molecule has 0 saturated heterocycles. The SMILES string of the molecule is CCCNC(=O)Nc1ccc(C(=O)OC)cc1. The average molecular weight is 236 g/mol. The molecule has 0 atom stereocenters. The summed E-state index contributed by atoms with van der Waals surface area (Å²) in [7, 11) is 1.33. The third-order valence-electron chi connectivity index (χ3n) is 2.10. The van der Waals surface area contributed by atoms with Gasteiger partial charge in [0.25, 0.3) is 0 Å². The molecule has 0 aliphatic heterocycles. The number of carbonyl (C=O) groups excluding carboxylic acids is 2. The van der Waals surface area contributed by atoms with Gasteiger partial charge in [-0.15, -0.1) is 0 Å². The summed E-state index contributed by atoms with van der Waals surface area (Å²) in [5.41, 5.74) is 1.08. The van der Waals surface area contributed by atoms with Crippen molar-refractivity contribution in [3.63, 3.8) is 0 Å². The first-order chi connectivity index (χ1) is 8.17. The lowest BCUT2D eigenvalue weighted by Crippen LogP contribution is -2.29. The van der Waals surface area contributed by atoms with Crippen molar-refractivity contribution in [1.82, 2.24) is 5.32 Å². The molecule has 0 fully saturated rings. The second-order valence-corrected chi connectivity index (χ2v) is 3.45. The van der Waals surface area contributed by atoms with Crippen molar-refractivity contribution in [2.45, 2.75) is 13.3 Å².